The number of nitrogens with zero attached hydrogens (tertiary/aromatic N) is 3. The number of piperazine rings is 1. The van der Waals surface area contributed by atoms with Gasteiger partial charge in [0, 0.05) is 37.6 Å². The number of rotatable bonds is 3. The Kier molecular flexibility index (Phi) is 4.07. The van der Waals surface area contributed by atoms with Gasteiger partial charge < -0.3 is 15.5 Å². The van der Waals surface area contributed by atoms with Crippen LogP contribution >= 0.6 is 11.3 Å². The second-order valence-electron chi connectivity index (χ2n) is 5.13. The normalized spacial score (nSPS) is 15.6. The molecule has 21 heavy (non-hydrogen) atoms. The lowest BCUT2D eigenvalue weighted by molar-refractivity contribution is 0.597. The molecule has 1 aromatic heterocycles. The fourth-order valence-electron chi connectivity index (χ4n) is 2.58. The Morgan fingerprint density at radius 3 is 2.48 bits per heavy atom. The minimum Gasteiger partial charge on any atom is -0.366 e. The number of thiazole rings is 1. The number of aromatic nitrogens is 1. The molecule has 1 aliphatic heterocycles. The lowest BCUT2D eigenvalue weighted by Gasteiger charge is -2.36. The molecule has 3 rings (SSSR count). The van der Waals surface area contributed by atoms with Gasteiger partial charge in [0.2, 0.25) is 0 Å². The standard InChI is InChI=1S/C15H19FN4S/c1-11-14(10-17)21-15(18-11)20-8-6-19(7-9-20)13-5-3-2-4-12(13)16/h2-5H,6-10,17H2,1H3. The molecule has 0 unspecified atom stereocenters. The summed E-state index contributed by atoms with van der Waals surface area (Å²) in [7, 11) is 0. The maximum absolute atomic E-state index is 13.8. The Bertz CT molecular complexity index is 620. The van der Waals surface area contributed by atoms with E-state index in [9.17, 15) is 4.39 Å². The first kappa shape index (κ1) is 14.3. The van der Waals surface area contributed by atoms with Crippen molar-refractivity contribution >= 4 is 22.2 Å². The summed E-state index contributed by atoms with van der Waals surface area (Å²) in [5, 5.41) is 1.03. The molecule has 2 heterocycles. The molecule has 6 heteroatoms. The molecule has 4 nitrogen and oxygen atoms in total. The van der Waals surface area contributed by atoms with E-state index in [1.807, 2.05) is 19.1 Å². The molecule has 0 amide bonds. The molecule has 112 valence electrons. The van der Waals surface area contributed by atoms with Crippen molar-refractivity contribution in [1.29, 1.82) is 0 Å². The average Bonchev–Trinajstić information content (AvgIpc) is 2.89. The first-order valence-electron chi connectivity index (χ1n) is 7.10. The summed E-state index contributed by atoms with van der Waals surface area (Å²) in [6, 6.07) is 6.95. The van der Waals surface area contributed by atoms with Gasteiger partial charge in [-0.15, -0.1) is 11.3 Å². The highest BCUT2D eigenvalue weighted by atomic mass is 32.1. The molecule has 0 radical (unpaired) electrons. The smallest absolute Gasteiger partial charge is 0.185 e. The van der Waals surface area contributed by atoms with Crippen LogP contribution in [0.15, 0.2) is 24.3 Å². The third-order valence-corrected chi connectivity index (χ3v) is 5.05. The topological polar surface area (TPSA) is 45.4 Å². The molecule has 2 N–H and O–H groups in total. The summed E-state index contributed by atoms with van der Waals surface area (Å²) in [4.78, 5) is 10.1. The molecule has 0 spiro atoms. The lowest BCUT2D eigenvalue weighted by Crippen LogP contribution is -2.46. The molecule has 1 fully saturated rings. The van der Waals surface area contributed by atoms with Gasteiger partial charge in [-0.1, -0.05) is 12.1 Å². The van der Waals surface area contributed by atoms with Crippen LogP contribution < -0.4 is 15.5 Å². The lowest BCUT2D eigenvalue weighted by atomic mass is 10.2. The number of aryl methyl sites for hydroxylation is 1. The van der Waals surface area contributed by atoms with Crippen molar-refractivity contribution in [3.63, 3.8) is 0 Å². The first-order chi connectivity index (χ1) is 10.2. The Balaban J connectivity index is 1.69. The van der Waals surface area contributed by atoms with E-state index in [2.05, 4.69) is 14.8 Å². The van der Waals surface area contributed by atoms with Crippen molar-refractivity contribution in [3.05, 3.63) is 40.7 Å². The maximum atomic E-state index is 13.8. The minimum absolute atomic E-state index is 0.151. The fourth-order valence-corrected chi connectivity index (χ4v) is 3.58. The minimum atomic E-state index is -0.151. The monoisotopic (exact) mass is 306 g/mol. The van der Waals surface area contributed by atoms with E-state index in [-0.39, 0.29) is 5.82 Å². The van der Waals surface area contributed by atoms with Crippen molar-refractivity contribution in [2.75, 3.05) is 36.0 Å². The van der Waals surface area contributed by atoms with Crippen LogP contribution in [0.2, 0.25) is 0 Å². The highest BCUT2D eigenvalue weighted by Crippen LogP contribution is 2.28. The van der Waals surface area contributed by atoms with Crippen LogP contribution in [0.25, 0.3) is 0 Å². The number of benzene rings is 1. The van der Waals surface area contributed by atoms with Crippen molar-refractivity contribution in [2.24, 2.45) is 5.73 Å². The van der Waals surface area contributed by atoms with Gasteiger partial charge >= 0.3 is 0 Å². The summed E-state index contributed by atoms with van der Waals surface area (Å²) in [5.41, 5.74) is 7.42. The van der Waals surface area contributed by atoms with Crippen LogP contribution in [-0.2, 0) is 6.54 Å². The third kappa shape index (κ3) is 2.87. The third-order valence-electron chi connectivity index (χ3n) is 3.81. The van der Waals surface area contributed by atoms with Crippen LogP contribution in [-0.4, -0.2) is 31.2 Å². The number of nitrogens with two attached hydrogens (primary N) is 1. The molecule has 2 aromatic rings. The average molecular weight is 306 g/mol. The number of anilines is 2. The van der Waals surface area contributed by atoms with Crippen molar-refractivity contribution < 1.29 is 4.39 Å². The quantitative estimate of drug-likeness (QED) is 0.945. The Morgan fingerprint density at radius 2 is 1.86 bits per heavy atom. The van der Waals surface area contributed by atoms with Crippen LogP contribution in [0, 0.1) is 12.7 Å². The van der Waals surface area contributed by atoms with Gasteiger partial charge in [0.15, 0.2) is 5.13 Å². The van der Waals surface area contributed by atoms with Crippen LogP contribution in [0.1, 0.15) is 10.6 Å². The van der Waals surface area contributed by atoms with Crippen molar-refractivity contribution in [3.8, 4) is 0 Å². The van der Waals surface area contributed by atoms with E-state index in [1.54, 1.807) is 17.4 Å². The van der Waals surface area contributed by atoms with Gasteiger partial charge in [0.1, 0.15) is 5.82 Å². The second-order valence-corrected chi connectivity index (χ2v) is 6.20. The second kappa shape index (κ2) is 5.99. The van der Waals surface area contributed by atoms with E-state index in [0.29, 0.717) is 12.2 Å². The van der Waals surface area contributed by atoms with Gasteiger partial charge in [-0.05, 0) is 19.1 Å². The van der Waals surface area contributed by atoms with E-state index in [1.165, 1.54) is 6.07 Å². The van der Waals surface area contributed by atoms with Gasteiger partial charge in [-0.3, -0.25) is 0 Å². The fraction of sp³-hybridized carbons (Fsp3) is 0.400. The summed E-state index contributed by atoms with van der Waals surface area (Å²) in [5.74, 6) is -0.151. The summed E-state index contributed by atoms with van der Waals surface area (Å²) in [6.45, 7) is 5.85. The summed E-state index contributed by atoms with van der Waals surface area (Å²) < 4.78 is 13.8. The zero-order chi connectivity index (χ0) is 14.8. The Labute approximate surface area is 128 Å². The summed E-state index contributed by atoms with van der Waals surface area (Å²) >= 11 is 1.66. The summed E-state index contributed by atoms with van der Waals surface area (Å²) in [6.07, 6.45) is 0. The number of hydrogen-bond acceptors (Lipinski definition) is 5. The zero-order valence-corrected chi connectivity index (χ0v) is 12.9. The predicted molar refractivity (Wildman–Crippen MR) is 85.6 cm³/mol. The predicted octanol–water partition coefficient (Wildman–Crippen LogP) is 2.38. The number of halogens is 1. The van der Waals surface area contributed by atoms with E-state index in [4.69, 9.17) is 5.73 Å². The number of hydrogen-bond donors (Lipinski definition) is 1. The SMILES string of the molecule is Cc1nc(N2CCN(c3ccccc3F)CC2)sc1CN. The van der Waals surface area contributed by atoms with E-state index < -0.39 is 0 Å². The molecule has 0 bridgehead atoms. The Hall–Kier alpha value is -1.66. The van der Waals surface area contributed by atoms with E-state index >= 15 is 0 Å². The molecule has 0 atom stereocenters. The highest BCUT2D eigenvalue weighted by molar-refractivity contribution is 7.15. The van der Waals surface area contributed by atoms with Gasteiger partial charge in [0.05, 0.1) is 11.4 Å². The van der Waals surface area contributed by atoms with Crippen molar-refractivity contribution in [2.45, 2.75) is 13.5 Å². The largest absolute Gasteiger partial charge is 0.366 e. The highest BCUT2D eigenvalue weighted by Gasteiger charge is 2.21. The Morgan fingerprint density at radius 1 is 1.19 bits per heavy atom. The van der Waals surface area contributed by atoms with Gasteiger partial charge in [0.25, 0.3) is 0 Å². The zero-order valence-electron chi connectivity index (χ0n) is 12.1. The molecular weight excluding hydrogens is 287 g/mol. The van der Waals surface area contributed by atoms with E-state index in [0.717, 1.165) is 41.9 Å². The molecule has 1 saturated heterocycles. The van der Waals surface area contributed by atoms with Crippen molar-refractivity contribution in [1.82, 2.24) is 4.98 Å². The van der Waals surface area contributed by atoms with Crippen LogP contribution in [0.3, 0.4) is 0 Å². The maximum Gasteiger partial charge on any atom is 0.185 e. The van der Waals surface area contributed by atoms with Gasteiger partial charge in [-0.25, -0.2) is 9.37 Å². The molecule has 1 aromatic carbocycles. The van der Waals surface area contributed by atoms with Crippen LogP contribution in [0.4, 0.5) is 15.2 Å². The molecule has 0 aliphatic carbocycles. The molecule has 0 saturated carbocycles. The molecular formula is C15H19FN4S. The van der Waals surface area contributed by atoms with Crippen LogP contribution in [0.5, 0.6) is 0 Å². The number of para-hydroxylation sites is 1. The van der Waals surface area contributed by atoms with Gasteiger partial charge in [-0.2, -0.15) is 0 Å². The first-order valence-corrected chi connectivity index (χ1v) is 7.91. The molecule has 1 aliphatic rings.